The maximum absolute atomic E-state index is 13.0. The molecule has 0 bridgehead atoms. The molecule has 5 heteroatoms. The number of aliphatic hydroxyl groups excluding tert-OH is 1. The summed E-state index contributed by atoms with van der Waals surface area (Å²) in [4.78, 5) is 18.5. The van der Waals surface area contributed by atoms with Gasteiger partial charge in [0.15, 0.2) is 5.78 Å². The highest BCUT2D eigenvalue weighted by Gasteiger charge is 2.34. The average Bonchev–Trinajstić information content (AvgIpc) is 3.51. The van der Waals surface area contributed by atoms with E-state index in [1.165, 1.54) is 0 Å². The molecule has 2 heterocycles. The zero-order chi connectivity index (χ0) is 24.9. The molecule has 0 fully saturated rings. The largest absolute Gasteiger partial charge is 0.383 e. The summed E-state index contributed by atoms with van der Waals surface area (Å²) < 4.78 is 0. The predicted molar refractivity (Wildman–Crippen MR) is 151 cm³/mol. The van der Waals surface area contributed by atoms with Gasteiger partial charge < -0.3 is 10.0 Å². The van der Waals surface area contributed by atoms with Crippen molar-refractivity contribution in [3.63, 3.8) is 0 Å². The molecule has 178 valence electrons. The van der Waals surface area contributed by atoms with Crippen LogP contribution in [0.5, 0.6) is 0 Å². The van der Waals surface area contributed by atoms with Gasteiger partial charge in [-0.2, -0.15) is 0 Å². The second kappa shape index (κ2) is 8.59. The van der Waals surface area contributed by atoms with Crippen LogP contribution >= 0.6 is 11.3 Å². The number of aliphatic hydroxyl groups is 1. The van der Waals surface area contributed by atoms with E-state index in [-0.39, 0.29) is 5.78 Å². The van der Waals surface area contributed by atoms with Gasteiger partial charge >= 0.3 is 0 Å². The first-order chi connectivity index (χ1) is 18.2. The zero-order valence-electron chi connectivity index (χ0n) is 19.8. The molecule has 37 heavy (non-hydrogen) atoms. The number of carbonyl (C=O) groups excluding carboxylic acids is 1. The van der Waals surface area contributed by atoms with Gasteiger partial charge in [-0.25, -0.2) is 0 Å². The van der Waals surface area contributed by atoms with Gasteiger partial charge in [-0.1, -0.05) is 66.7 Å². The normalized spacial score (nSPS) is 17.1. The first-order valence-electron chi connectivity index (χ1n) is 12.2. The molecule has 7 rings (SSSR count). The molecule has 1 aliphatic carbocycles. The first kappa shape index (κ1) is 21.8. The molecule has 2 aliphatic rings. The fourth-order valence-electron chi connectivity index (χ4n) is 5.26. The number of hydrogen-bond donors (Lipinski definition) is 1. The highest BCUT2D eigenvalue weighted by molar-refractivity contribution is 7.17. The van der Waals surface area contributed by atoms with Crippen molar-refractivity contribution < 1.29 is 9.90 Å². The molecule has 1 aromatic heterocycles. The Morgan fingerprint density at radius 3 is 1.86 bits per heavy atom. The third-order valence-electron chi connectivity index (χ3n) is 6.93. The highest BCUT2D eigenvalue weighted by Crippen LogP contribution is 2.55. The van der Waals surface area contributed by atoms with E-state index in [0.717, 1.165) is 38.3 Å². The molecule has 0 spiro atoms. The van der Waals surface area contributed by atoms with Gasteiger partial charge in [0, 0.05) is 21.7 Å². The number of carbonyl (C=O) groups is 1. The number of rotatable bonds is 3. The Morgan fingerprint density at radius 1 is 0.649 bits per heavy atom. The number of anilines is 6. The first-order valence-corrected chi connectivity index (χ1v) is 13.0. The molecule has 5 aromatic rings. The molecule has 1 unspecified atom stereocenters. The molecule has 1 atom stereocenters. The van der Waals surface area contributed by atoms with Crippen molar-refractivity contribution in [3.05, 3.63) is 137 Å². The Kier molecular flexibility index (Phi) is 5.06. The van der Waals surface area contributed by atoms with Gasteiger partial charge in [-0.3, -0.25) is 9.69 Å². The Hall–Kier alpha value is -4.45. The van der Waals surface area contributed by atoms with Gasteiger partial charge in [0.2, 0.25) is 0 Å². The molecule has 1 N–H and O–H groups in total. The zero-order valence-corrected chi connectivity index (χ0v) is 20.6. The van der Waals surface area contributed by atoms with Crippen molar-refractivity contribution >= 4 is 56.6 Å². The van der Waals surface area contributed by atoms with Crippen LogP contribution in [0.2, 0.25) is 0 Å². The van der Waals surface area contributed by atoms with Crippen LogP contribution in [0.25, 0.3) is 6.08 Å². The molecule has 0 saturated heterocycles. The van der Waals surface area contributed by atoms with Crippen LogP contribution in [-0.2, 0) is 0 Å². The summed E-state index contributed by atoms with van der Waals surface area (Å²) in [6.07, 6.45) is 0.934. The highest BCUT2D eigenvalue weighted by atomic mass is 32.1. The lowest BCUT2D eigenvalue weighted by Crippen LogP contribution is -2.23. The standard InChI is InChI=1S/C32H22N2O2S/c35-31-23-12-4-5-13-24(23)32(36)25(31)20-22-18-19-30(37-22)34-28-16-8-6-14-26(28)33(21-10-2-1-3-11-21)27-15-7-9-17-29(27)34/h1-20,31,35H/b25-20+. The van der Waals surface area contributed by atoms with E-state index in [4.69, 9.17) is 0 Å². The van der Waals surface area contributed by atoms with E-state index in [1.54, 1.807) is 17.4 Å². The van der Waals surface area contributed by atoms with Crippen LogP contribution in [0.4, 0.5) is 33.4 Å². The molecule has 4 nitrogen and oxygen atoms in total. The number of fused-ring (bicyclic) bond motifs is 3. The lowest BCUT2D eigenvalue weighted by molar-refractivity contribution is 0.102. The number of nitrogens with zero attached hydrogens (tertiary/aromatic N) is 2. The van der Waals surface area contributed by atoms with E-state index < -0.39 is 6.10 Å². The van der Waals surface area contributed by atoms with E-state index in [2.05, 4.69) is 88.7 Å². The van der Waals surface area contributed by atoms with Crippen molar-refractivity contribution in [2.75, 3.05) is 9.80 Å². The fraction of sp³-hybridized carbons (Fsp3) is 0.0312. The summed E-state index contributed by atoms with van der Waals surface area (Å²) in [5.74, 6) is -0.106. The number of Topliss-reactive ketones (excluding diaryl/α,β-unsaturated/α-hetero) is 1. The molecule has 0 saturated carbocycles. The van der Waals surface area contributed by atoms with Gasteiger partial charge in [0.25, 0.3) is 0 Å². The van der Waals surface area contributed by atoms with E-state index in [0.29, 0.717) is 16.7 Å². The minimum Gasteiger partial charge on any atom is -0.383 e. The maximum Gasteiger partial charge on any atom is 0.192 e. The van der Waals surface area contributed by atoms with Gasteiger partial charge in [-0.05, 0) is 60.2 Å². The molecular weight excluding hydrogens is 476 g/mol. The van der Waals surface area contributed by atoms with Crippen LogP contribution < -0.4 is 9.80 Å². The van der Waals surface area contributed by atoms with E-state index in [9.17, 15) is 9.90 Å². The Balaban J connectivity index is 1.33. The van der Waals surface area contributed by atoms with Gasteiger partial charge in [0.1, 0.15) is 11.1 Å². The number of ketones is 1. The molecule has 0 radical (unpaired) electrons. The molecular formula is C32H22N2O2S. The minimum atomic E-state index is -0.898. The lowest BCUT2D eigenvalue weighted by atomic mass is 10.1. The van der Waals surface area contributed by atoms with Crippen molar-refractivity contribution in [2.45, 2.75) is 6.10 Å². The Bertz CT molecular complexity index is 1640. The predicted octanol–water partition coefficient (Wildman–Crippen LogP) is 8.31. The van der Waals surface area contributed by atoms with Gasteiger partial charge in [-0.15, -0.1) is 11.3 Å². The second-order valence-electron chi connectivity index (χ2n) is 9.08. The summed E-state index contributed by atoms with van der Waals surface area (Å²) in [5.41, 5.74) is 7.13. The summed E-state index contributed by atoms with van der Waals surface area (Å²) in [7, 11) is 0. The number of benzene rings is 4. The van der Waals surface area contributed by atoms with Crippen molar-refractivity contribution in [3.8, 4) is 0 Å². The average molecular weight is 499 g/mol. The summed E-state index contributed by atoms with van der Waals surface area (Å²) in [5, 5.41) is 11.9. The Labute approximate surface area is 219 Å². The van der Waals surface area contributed by atoms with Crippen molar-refractivity contribution in [1.29, 1.82) is 0 Å². The quantitative estimate of drug-likeness (QED) is 0.249. The van der Waals surface area contributed by atoms with Crippen LogP contribution in [0.3, 0.4) is 0 Å². The maximum atomic E-state index is 13.0. The summed E-state index contributed by atoms with van der Waals surface area (Å²) in [6.45, 7) is 0. The van der Waals surface area contributed by atoms with Gasteiger partial charge in [0.05, 0.1) is 22.7 Å². The van der Waals surface area contributed by atoms with E-state index in [1.807, 2.05) is 36.4 Å². The summed E-state index contributed by atoms with van der Waals surface area (Å²) in [6, 6.07) is 38.6. The number of thiophene rings is 1. The van der Waals surface area contributed by atoms with E-state index >= 15 is 0 Å². The minimum absolute atomic E-state index is 0.106. The topological polar surface area (TPSA) is 43.8 Å². The van der Waals surface area contributed by atoms with Crippen molar-refractivity contribution in [2.24, 2.45) is 0 Å². The molecule has 4 aromatic carbocycles. The van der Waals surface area contributed by atoms with Crippen molar-refractivity contribution in [1.82, 2.24) is 0 Å². The molecule has 0 amide bonds. The third-order valence-corrected chi connectivity index (χ3v) is 7.95. The van der Waals surface area contributed by atoms with Crippen LogP contribution in [0.15, 0.2) is 121 Å². The number of para-hydroxylation sites is 5. The third kappa shape index (κ3) is 3.44. The fourth-order valence-corrected chi connectivity index (χ4v) is 6.25. The lowest BCUT2D eigenvalue weighted by Gasteiger charge is -2.39. The monoisotopic (exact) mass is 498 g/mol. The SMILES string of the molecule is O=C1/C(=C/c2ccc(N3c4ccccc4N(c4ccccc4)c4ccccc43)s2)C(O)c2ccccc21. The summed E-state index contributed by atoms with van der Waals surface area (Å²) >= 11 is 1.60. The Morgan fingerprint density at radius 2 is 1.22 bits per heavy atom. The van der Waals surface area contributed by atoms with Crippen LogP contribution in [0.1, 0.15) is 26.9 Å². The number of hydrogen-bond acceptors (Lipinski definition) is 5. The van der Waals surface area contributed by atoms with Crippen LogP contribution in [-0.4, -0.2) is 10.9 Å². The second-order valence-corrected chi connectivity index (χ2v) is 10.2. The molecule has 1 aliphatic heterocycles. The smallest absolute Gasteiger partial charge is 0.192 e. The van der Waals surface area contributed by atoms with Crippen LogP contribution in [0, 0.1) is 0 Å².